The second-order valence-corrected chi connectivity index (χ2v) is 7.68. The van der Waals surface area contributed by atoms with E-state index in [-0.39, 0.29) is 18.9 Å². The highest BCUT2D eigenvalue weighted by atomic mass is 79.9. The molecule has 160 valence electrons. The van der Waals surface area contributed by atoms with E-state index in [1.165, 1.54) is 14.2 Å². The van der Waals surface area contributed by atoms with Crippen LogP contribution in [0.1, 0.15) is 6.42 Å². The molecule has 0 fully saturated rings. The van der Waals surface area contributed by atoms with Crippen LogP contribution in [0.25, 0.3) is 0 Å². The Hall–Kier alpha value is -2.72. The second kappa shape index (κ2) is 11.5. The number of benzene rings is 2. The first-order chi connectivity index (χ1) is 14.3. The summed E-state index contributed by atoms with van der Waals surface area (Å²) >= 11 is 6.72. The van der Waals surface area contributed by atoms with Gasteiger partial charge in [0.25, 0.3) is 5.91 Å². The molecule has 0 bridgehead atoms. The van der Waals surface area contributed by atoms with E-state index in [0.29, 0.717) is 33.1 Å². The summed E-state index contributed by atoms with van der Waals surface area (Å²) in [6.07, 6.45) is -0.0503. The number of hydrazine groups is 1. The Morgan fingerprint density at radius 2 is 1.70 bits per heavy atom. The summed E-state index contributed by atoms with van der Waals surface area (Å²) in [5.41, 5.74) is 5.88. The molecule has 0 radical (unpaired) electrons. The van der Waals surface area contributed by atoms with E-state index < -0.39 is 5.91 Å². The topological polar surface area (TPSA) is 97.9 Å². The van der Waals surface area contributed by atoms with Crippen molar-refractivity contribution in [3.63, 3.8) is 0 Å². The first kappa shape index (κ1) is 23.6. The highest BCUT2D eigenvalue weighted by Gasteiger charge is 2.13. The van der Waals surface area contributed by atoms with Gasteiger partial charge in [0, 0.05) is 10.2 Å². The fraction of sp³-hybridized carbons (Fsp3) is 0.200. The minimum Gasteiger partial charge on any atom is -0.495 e. The van der Waals surface area contributed by atoms with Crippen LogP contribution in [0.3, 0.4) is 0 Å². The quantitative estimate of drug-likeness (QED) is 0.395. The zero-order valence-electron chi connectivity index (χ0n) is 16.4. The lowest BCUT2D eigenvalue weighted by Crippen LogP contribution is -2.40. The molecule has 2 aromatic rings. The molecule has 0 spiro atoms. The van der Waals surface area contributed by atoms with Gasteiger partial charge in [-0.1, -0.05) is 34.6 Å². The predicted octanol–water partition coefficient (Wildman–Crippen LogP) is 3.77. The summed E-state index contributed by atoms with van der Waals surface area (Å²) in [7, 11) is 3.02. The summed E-state index contributed by atoms with van der Waals surface area (Å²) in [5.74, 6) is 0.633. The number of methoxy groups -OCH3 is 2. The van der Waals surface area contributed by atoms with E-state index in [1.54, 1.807) is 36.4 Å². The minimum absolute atomic E-state index is 0.0503. The van der Waals surface area contributed by atoms with Gasteiger partial charge >= 0.3 is 0 Å². The lowest BCUT2D eigenvalue weighted by atomic mass is 10.2. The van der Waals surface area contributed by atoms with E-state index in [9.17, 15) is 9.59 Å². The van der Waals surface area contributed by atoms with Crippen molar-refractivity contribution in [2.75, 3.05) is 26.1 Å². The summed E-state index contributed by atoms with van der Waals surface area (Å²) in [5, 5.41) is 2.72. The molecule has 0 saturated heterocycles. The maximum atomic E-state index is 12.2. The molecule has 30 heavy (non-hydrogen) atoms. The van der Waals surface area contributed by atoms with Crippen LogP contribution in [0, 0.1) is 0 Å². The Balaban J connectivity index is 1.79. The largest absolute Gasteiger partial charge is 0.495 e. The van der Waals surface area contributed by atoms with Crippen molar-refractivity contribution in [2.24, 2.45) is 0 Å². The average Bonchev–Trinajstić information content (AvgIpc) is 2.71. The van der Waals surface area contributed by atoms with Gasteiger partial charge in [-0.2, -0.15) is 0 Å². The molecule has 0 heterocycles. The predicted molar refractivity (Wildman–Crippen MR) is 121 cm³/mol. The molecule has 0 saturated carbocycles. The molecule has 2 aromatic carbocycles. The van der Waals surface area contributed by atoms with Crippen molar-refractivity contribution >= 4 is 49.4 Å². The van der Waals surface area contributed by atoms with Gasteiger partial charge in [0.15, 0.2) is 18.1 Å². The number of nitrogens with one attached hydrogen (secondary N) is 3. The number of anilines is 1. The number of amides is 2. The third-order valence-corrected chi connectivity index (χ3v) is 4.72. The molecule has 2 rings (SSSR count). The Labute approximate surface area is 191 Å². The molecular weight excluding hydrogens is 522 g/mol. The van der Waals surface area contributed by atoms with Gasteiger partial charge < -0.3 is 25.0 Å². The second-order valence-electron chi connectivity index (χ2n) is 5.91. The van der Waals surface area contributed by atoms with Crippen molar-refractivity contribution < 1.29 is 23.8 Å². The first-order valence-corrected chi connectivity index (χ1v) is 10.2. The molecule has 2 amide bonds. The van der Waals surface area contributed by atoms with Crippen molar-refractivity contribution in [2.45, 2.75) is 6.42 Å². The van der Waals surface area contributed by atoms with E-state index in [2.05, 4.69) is 54.6 Å². The zero-order valence-corrected chi connectivity index (χ0v) is 19.6. The third kappa shape index (κ3) is 6.96. The highest BCUT2D eigenvalue weighted by molar-refractivity contribution is 9.11. The van der Waals surface area contributed by atoms with Crippen LogP contribution in [-0.4, -0.2) is 32.6 Å². The van der Waals surface area contributed by atoms with Gasteiger partial charge in [-0.25, -0.2) is 0 Å². The third-order valence-electron chi connectivity index (χ3n) is 3.68. The monoisotopic (exact) mass is 541 g/mol. The molecule has 0 atom stereocenters. The Kier molecular flexibility index (Phi) is 9.00. The molecule has 0 aliphatic rings. The van der Waals surface area contributed by atoms with Crippen molar-refractivity contribution in [3.05, 3.63) is 57.6 Å². The average molecular weight is 543 g/mol. The number of halogens is 2. The number of carbonyl (C=O) groups is 2. The van der Waals surface area contributed by atoms with E-state index in [4.69, 9.17) is 14.2 Å². The summed E-state index contributed by atoms with van der Waals surface area (Å²) in [6, 6.07) is 10.5. The first-order valence-electron chi connectivity index (χ1n) is 8.65. The molecule has 10 heteroatoms. The van der Waals surface area contributed by atoms with Crippen LogP contribution in [0.4, 0.5) is 5.69 Å². The number of para-hydroxylation sites is 2. The smallest absolute Gasteiger partial charge is 0.276 e. The van der Waals surface area contributed by atoms with E-state index >= 15 is 0 Å². The molecule has 0 unspecified atom stereocenters. The zero-order chi connectivity index (χ0) is 22.1. The Bertz CT molecular complexity index is 937. The van der Waals surface area contributed by atoms with E-state index in [1.807, 2.05) is 0 Å². The minimum atomic E-state index is -0.460. The number of hydrogen-bond donors (Lipinski definition) is 3. The Morgan fingerprint density at radius 1 is 1.00 bits per heavy atom. The van der Waals surface area contributed by atoms with E-state index in [0.717, 1.165) is 4.47 Å². The fourth-order valence-corrected chi connectivity index (χ4v) is 3.64. The highest BCUT2D eigenvalue weighted by Crippen LogP contribution is 2.38. The number of ether oxygens (including phenoxy) is 3. The fourth-order valence-electron chi connectivity index (χ4n) is 2.34. The van der Waals surface area contributed by atoms with Gasteiger partial charge in [0.1, 0.15) is 5.75 Å². The van der Waals surface area contributed by atoms with Crippen molar-refractivity contribution in [1.82, 2.24) is 10.9 Å². The summed E-state index contributed by atoms with van der Waals surface area (Å²) < 4.78 is 17.4. The summed E-state index contributed by atoms with van der Waals surface area (Å²) in [6.45, 7) is 3.46. The van der Waals surface area contributed by atoms with Gasteiger partial charge in [-0.3, -0.25) is 15.0 Å². The standard InChI is InChI=1S/C20H21Br2N3O5/c1-12(8-18(26)23-15-6-4-5-7-16(15)28-2)24-25-19(27)11-30-20-14(22)9-13(21)10-17(20)29-3/h4-7,9-10,24H,1,8,11H2,2-3H3,(H,23,26)(H,25,27). The van der Waals surface area contributed by atoms with Crippen molar-refractivity contribution in [1.29, 1.82) is 0 Å². The lowest BCUT2D eigenvalue weighted by molar-refractivity contribution is -0.124. The molecule has 0 aliphatic heterocycles. The van der Waals surface area contributed by atoms with Crippen LogP contribution in [-0.2, 0) is 9.59 Å². The molecule has 0 aromatic heterocycles. The van der Waals surface area contributed by atoms with Crippen LogP contribution in [0.15, 0.2) is 57.6 Å². The normalized spacial score (nSPS) is 10.0. The number of rotatable bonds is 10. The molecule has 3 N–H and O–H groups in total. The number of hydrogen-bond acceptors (Lipinski definition) is 6. The van der Waals surface area contributed by atoms with Crippen LogP contribution in [0.2, 0.25) is 0 Å². The molecule has 0 aliphatic carbocycles. The SMILES string of the molecule is C=C(CC(=O)Nc1ccccc1OC)NNC(=O)COc1c(Br)cc(Br)cc1OC. The van der Waals surface area contributed by atoms with Crippen LogP contribution >= 0.6 is 31.9 Å². The van der Waals surface area contributed by atoms with Crippen LogP contribution in [0.5, 0.6) is 17.2 Å². The maximum absolute atomic E-state index is 12.2. The molecular formula is C20H21Br2N3O5. The van der Waals surface area contributed by atoms with Gasteiger partial charge in [-0.05, 0) is 40.2 Å². The van der Waals surface area contributed by atoms with Gasteiger partial charge in [0.05, 0.1) is 30.8 Å². The van der Waals surface area contributed by atoms with Crippen LogP contribution < -0.4 is 30.4 Å². The molecule has 8 nitrogen and oxygen atoms in total. The van der Waals surface area contributed by atoms with Gasteiger partial charge in [-0.15, -0.1) is 0 Å². The summed E-state index contributed by atoms with van der Waals surface area (Å²) in [4.78, 5) is 24.2. The van der Waals surface area contributed by atoms with Crippen molar-refractivity contribution in [3.8, 4) is 17.2 Å². The number of carbonyl (C=O) groups excluding carboxylic acids is 2. The lowest BCUT2D eigenvalue weighted by Gasteiger charge is -2.15. The maximum Gasteiger partial charge on any atom is 0.276 e. The Morgan fingerprint density at radius 3 is 2.40 bits per heavy atom. The van der Waals surface area contributed by atoms with Gasteiger partial charge in [0.2, 0.25) is 5.91 Å².